The van der Waals surface area contributed by atoms with Gasteiger partial charge in [-0.2, -0.15) is 4.98 Å². The summed E-state index contributed by atoms with van der Waals surface area (Å²) < 4.78 is 7.50. The molecule has 5 rings (SSSR count). The summed E-state index contributed by atoms with van der Waals surface area (Å²) in [6.07, 6.45) is 6.13. The number of pyridine rings is 1. The van der Waals surface area contributed by atoms with E-state index in [1.807, 2.05) is 31.5 Å². The second kappa shape index (κ2) is 6.81. The van der Waals surface area contributed by atoms with E-state index in [1.165, 1.54) is 0 Å². The van der Waals surface area contributed by atoms with Crippen LogP contribution in [0.1, 0.15) is 38.6 Å². The lowest BCUT2D eigenvalue weighted by molar-refractivity contribution is 0.0327. The van der Waals surface area contributed by atoms with Crippen LogP contribution in [0.15, 0.2) is 24.5 Å². The second-order valence-electron chi connectivity index (χ2n) is 7.99. The van der Waals surface area contributed by atoms with Crippen molar-refractivity contribution in [3.05, 3.63) is 30.4 Å². The van der Waals surface area contributed by atoms with Gasteiger partial charge in [-0.25, -0.2) is 15.0 Å². The summed E-state index contributed by atoms with van der Waals surface area (Å²) in [7, 11) is 1.75. The molecule has 0 aliphatic heterocycles. The average Bonchev–Trinajstić information content (AvgIpc) is 3.23. The number of aromatic amines is 1. The van der Waals surface area contributed by atoms with Crippen LogP contribution in [-0.2, 0) is 4.74 Å². The van der Waals surface area contributed by atoms with Crippen LogP contribution in [0.5, 0.6) is 0 Å². The zero-order chi connectivity index (χ0) is 20.1. The number of nitrogens with zero attached hydrogens (tertiary/aromatic N) is 5. The number of hydrogen-bond donors (Lipinski definition) is 2. The largest absolute Gasteiger partial charge is 0.381 e. The fourth-order valence-electron chi connectivity index (χ4n) is 4.10. The van der Waals surface area contributed by atoms with E-state index >= 15 is 0 Å². The van der Waals surface area contributed by atoms with Gasteiger partial charge >= 0.3 is 0 Å². The predicted molar refractivity (Wildman–Crippen MR) is 113 cm³/mol. The zero-order valence-electron chi connectivity index (χ0n) is 17.1. The number of H-pyrrole nitrogens is 1. The van der Waals surface area contributed by atoms with Crippen molar-refractivity contribution in [1.29, 1.82) is 0 Å². The first-order chi connectivity index (χ1) is 14.0. The van der Waals surface area contributed by atoms with Gasteiger partial charge in [-0.15, -0.1) is 0 Å². The van der Waals surface area contributed by atoms with Crippen molar-refractivity contribution in [2.45, 2.75) is 51.8 Å². The van der Waals surface area contributed by atoms with E-state index in [2.05, 4.69) is 43.7 Å². The number of aromatic nitrogens is 6. The highest BCUT2D eigenvalue weighted by Crippen LogP contribution is 2.30. The van der Waals surface area contributed by atoms with E-state index in [0.29, 0.717) is 24.1 Å². The van der Waals surface area contributed by atoms with Gasteiger partial charge in [-0.1, -0.05) is 0 Å². The summed E-state index contributed by atoms with van der Waals surface area (Å²) in [5.41, 5.74) is 4.50. The van der Waals surface area contributed by atoms with Crippen molar-refractivity contribution in [1.82, 2.24) is 29.5 Å². The quantitative estimate of drug-likeness (QED) is 0.537. The molecule has 8 heteroatoms. The summed E-state index contributed by atoms with van der Waals surface area (Å²) in [5, 5.41) is 4.34. The number of nitrogens with one attached hydrogen (secondary N) is 2. The predicted octanol–water partition coefficient (Wildman–Crippen LogP) is 3.85. The molecule has 2 N–H and O–H groups in total. The molecule has 0 saturated heterocycles. The number of hydrogen-bond acceptors (Lipinski definition) is 6. The van der Waals surface area contributed by atoms with Crippen LogP contribution in [0.3, 0.4) is 0 Å². The molecule has 29 heavy (non-hydrogen) atoms. The summed E-state index contributed by atoms with van der Waals surface area (Å²) in [4.78, 5) is 22.0. The first-order valence-electron chi connectivity index (χ1n) is 10.0. The fourth-order valence-corrected chi connectivity index (χ4v) is 4.10. The minimum atomic E-state index is 0.298. The van der Waals surface area contributed by atoms with Gasteiger partial charge in [-0.05, 0) is 45.7 Å². The molecule has 1 aliphatic carbocycles. The number of aryl methyl sites for hydroxylation is 1. The lowest BCUT2D eigenvalue weighted by Gasteiger charge is -2.34. The summed E-state index contributed by atoms with van der Waals surface area (Å²) >= 11 is 0. The number of fused-ring (bicyclic) bond motifs is 2. The average molecular weight is 391 g/mol. The van der Waals surface area contributed by atoms with Crippen molar-refractivity contribution in [2.24, 2.45) is 0 Å². The Labute approximate surface area is 168 Å². The van der Waals surface area contributed by atoms with Crippen molar-refractivity contribution in [3.8, 4) is 11.3 Å². The number of ether oxygens (including phenoxy) is 1. The first kappa shape index (κ1) is 18.1. The topological polar surface area (TPSA) is 93.5 Å². The highest BCUT2D eigenvalue weighted by Gasteiger charge is 2.29. The van der Waals surface area contributed by atoms with Gasteiger partial charge in [0.1, 0.15) is 17.0 Å². The normalized spacial score (nSPS) is 19.2. The Morgan fingerprint density at radius 2 is 2.03 bits per heavy atom. The Bertz CT molecular complexity index is 1190. The maximum Gasteiger partial charge on any atom is 0.224 e. The number of rotatable bonds is 5. The van der Waals surface area contributed by atoms with Gasteiger partial charge in [-0.3, -0.25) is 0 Å². The lowest BCUT2D eigenvalue weighted by Crippen LogP contribution is -2.40. The van der Waals surface area contributed by atoms with E-state index < -0.39 is 0 Å². The Morgan fingerprint density at radius 1 is 1.21 bits per heavy atom. The van der Waals surface area contributed by atoms with E-state index in [9.17, 15) is 0 Å². The molecule has 0 aromatic carbocycles. The van der Waals surface area contributed by atoms with Gasteiger partial charge in [0.15, 0.2) is 5.65 Å². The SMILES string of the molecule is CO[C@H]1C[C@@H](Nc2ncc3c(-c4ccc5nc(C)n(C(C)C)c5n4)c[nH]c3n2)C1. The molecule has 0 radical (unpaired) electrons. The van der Waals surface area contributed by atoms with Crippen LogP contribution < -0.4 is 5.32 Å². The molecule has 8 nitrogen and oxygen atoms in total. The molecule has 4 heterocycles. The van der Waals surface area contributed by atoms with E-state index in [-0.39, 0.29) is 0 Å². The van der Waals surface area contributed by atoms with Crippen molar-refractivity contribution < 1.29 is 4.74 Å². The van der Waals surface area contributed by atoms with Crippen LogP contribution >= 0.6 is 0 Å². The number of anilines is 1. The molecule has 0 unspecified atom stereocenters. The first-order valence-corrected chi connectivity index (χ1v) is 10.0. The smallest absolute Gasteiger partial charge is 0.224 e. The molecule has 0 amide bonds. The minimum Gasteiger partial charge on any atom is -0.381 e. The third-order valence-corrected chi connectivity index (χ3v) is 5.70. The summed E-state index contributed by atoms with van der Waals surface area (Å²) in [6, 6.07) is 4.71. The van der Waals surface area contributed by atoms with Gasteiger partial charge in [0.05, 0.1) is 11.8 Å². The molecule has 1 aliphatic rings. The lowest BCUT2D eigenvalue weighted by atomic mass is 9.89. The summed E-state index contributed by atoms with van der Waals surface area (Å²) in [5.74, 6) is 1.62. The molecule has 4 aromatic heterocycles. The van der Waals surface area contributed by atoms with Crippen LogP contribution in [-0.4, -0.2) is 48.7 Å². The number of methoxy groups -OCH3 is 1. The molecule has 4 aromatic rings. The Morgan fingerprint density at radius 3 is 2.79 bits per heavy atom. The van der Waals surface area contributed by atoms with Crippen molar-refractivity contribution >= 4 is 28.1 Å². The van der Waals surface area contributed by atoms with Gasteiger partial charge in [0.2, 0.25) is 5.95 Å². The monoisotopic (exact) mass is 391 g/mol. The van der Waals surface area contributed by atoms with Crippen LogP contribution in [0.4, 0.5) is 5.95 Å². The standard InChI is InChI=1S/C21H25N7O/c1-11(2)28-12(3)24-18-6-5-17(26-20(18)28)15-9-22-19-16(15)10-23-21(27-19)25-13-7-14(8-13)29-4/h5-6,9-11,13-14H,7-8H2,1-4H3,(H2,22,23,25,27)/t13-,14+. The Hall–Kier alpha value is -3.00. The van der Waals surface area contributed by atoms with Crippen LogP contribution in [0, 0.1) is 6.92 Å². The number of imidazole rings is 1. The zero-order valence-corrected chi connectivity index (χ0v) is 17.1. The molecule has 0 atom stereocenters. The molecular formula is C21H25N7O. The van der Waals surface area contributed by atoms with Crippen LogP contribution in [0.2, 0.25) is 0 Å². The highest BCUT2D eigenvalue weighted by atomic mass is 16.5. The van der Waals surface area contributed by atoms with Gasteiger partial charge < -0.3 is 19.6 Å². The van der Waals surface area contributed by atoms with E-state index in [4.69, 9.17) is 9.72 Å². The van der Waals surface area contributed by atoms with E-state index in [1.54, 1.807) is 7.11 Å². The summed E-state index contributed by atoms with van der Waals surface area (Å²) in [6.45, 7) is 6.31. The molecule has 1 fully saturated rings. The maximum atomic E-state index is 5.33. The van der Waals surface area contributed by atoms with Gasteiger partial charge in [0.25, 0.3) is 0 Å². The molecule has 150 valence electrons. The fraction of sp³-hybridized carbons (Fsp3) is 0.429. The van der Waals surface area contributed by atoms with Crippen molar-refractivity contribution in [3.63, 3.8) is 0 Å². The molecular weight excluding hydrogens is 366 g/mol. The maximum absolute atomic E-state index is 5.33. The van der Waals surface area contributed by atoms with Crippen LogP contribution in [0.25, 0.3) is 33.5 Å². The Kier molecular flexibility index (Phi) is 4.24. The Balaban J connectivity index is 1.48. The third kappa shape index (κ3) is 3.04. The minimum absolute atomic E-state index is 0.298. The second-order valence-corrected chi connectivity index (χ2v) is 7.99. The highest BCUT2D eigenvalue weighted by molar-refractivity contribution is 5.93. The molecule has 0 spiro atoms. The molecule has 1 saturated carbocycles. The third-order valence-electron chi connectivity index (χ3n) is 5.70. The van der Waals surface area contributed by atoms with Crippen molar-refractivity contribution in [2.75, 3.05) is 12.4 Å². The van der Waals surface area contributed by atoms with E-state index in [0.717, 1.165) is 52.1 Å². The molecule has 0 bridgehead atoms. The van der Waals surface area contributed by atoms with Gasteiger partial charge in [0, 0.05) is 42.5 Å².